The minimum atomic E-state index is 0.834. The molecule has 3 heteroatoms. The smallest absolute Gasteiger partial charge is 0.0542 e. The lowest BCUT2D eigenvalue weighted by molar-refractivity contribution is 0.738. The molecule has 1 aliphatic heterocycles. The molecule has 1 aromatic rings. The van der Waals surface area contributed by atoms with Crippen LogP contribution < -0.4 is 10.6 Å². The van der Waals surface area contributed by atoms with Gasteiger partial charge in [0, 0.05) is 19.3 Å². The molecule has 0 spiro atoms. The number of rotatable bonds is 3. The van der Waals surface area contributed by atoms with E-state index in [9.17, 15) is 0 Å². The Kier molecular flexibility index (Phi) is 3.48. The van der Waals surface area contributed by atoms with Gasteiger partial charge >= 0.3 is 0 Å². The molecule has 15 heavy (non-hydrogen) atoms. The zero-order valence-corrected chi connectivity index (χ0v) is 9.09. The fourth-order valence-electron chi connectivity index (χ4n) is 1.78. The Morgan fingerprint density at radius 2 is 2.40 bits per heavy atom. The summed E-state index contributed by atoms with van der Waals surface area (Å²) in [5.41, 5.74) is 3.77. The zero-order valence-electron chi connectivity index (χ0n) is 9.09. The van der Waals surface area contributed by atoms with Gasteiger partial charge in [-0.05, 0) is 37.2 Å². The molecule has 80 valence electrons. The molecule has 1 aliphatic rings. The van der Waals surface area contributed by atoms with Crippen molar-refractivity contribution in [3.8, 4) is 0 Å². The van der Waals surface area contributed by atoms with E-state index in [0.29, 0.717) is 0 Å². The molecule has 0 saturated heterocycles. The van der Waals surface area contributed by atoms with Crippen molar-refractivity contribution in [3.63, 3.8) is 0 Å². The molecule has 0 atom stereocenters. The molecular weight excluding hydrogens is 186 g/mol. The summed E-state index contributed by atoms with van der Waals surface area (Å²) in [5, 5.41) is 6.41. The van der Waals surface area contributed by atoms with E-state index in [1.165, 1.54) is 11.1 Å². The summed E-state index contributed by atoms with van der Waals surface area (Å²) in [5.74, 6) is 0. The first-order chi connectivity index (χ1) is 7.40. The van der Waals surface area contributed by atoms with Gasteiger partial charge in [-0.1, -0.05) is 12.1 Å². The number of hydrogen-bond acceptors (Lipinski definition) is 3. The van der Waals surface area contributed by atoms with E-state index in [2.05, 4.69) is 33.8 Å². The second kappa shape index (κ2) is 5.05. The summed E-state index contributed by atoms with van der Waals surface area (Å²) in [6.45, 7) is 2.89. The molecule has 0 saturated carbocycles. The minimum absolute atomic E-state index is 0.834. The highest BCUT2D eigenvalue weighted by atomic mass is 14.9. The molecule has 2 N–H and O–H groups in total. The molecule has 3 nitrogen and oxygen atoms in total. The fourth-order valence-corrected chi connectivity index (χ4v) is 1.78. The average molecular weight is 203 g/mol. The van der Waals surface area contributed by atoms with Crippen molar-refractivity contribution in [1.29, 1.82) is 0 Å². The van der Waals surface area contributed by atoms with Gasteiger partial charge in [-0.15, -0.1) is 0 Å². The number of aromatic nitrogens is 1. The van der Waals surface area contributed by atoms with Gasteiger partial charge in [-0.3, -0.25) is 4.98 Å². The fraction of sp³-hybridized carbons (Fsp3) is 0.417. The molecule has 2 rings (SSSR count). The summed E-state index contributed by atoms with van der Waals surface area (Å²) >= 11 is 0. The van der Waals surface area contributed by atoms with Crippen LogP contribution in [0.1, 0.15) is 17.7 Å². The van der Waals surface area contributed by atoms with E-state index in [0.717, 1.165) is 31.7 Å². The average Bonchev–Trinajstić information content (AvgIpc) is 2.32. The first-order valence-corrected chi connectivity index (χ1v) is 5.40. The lowest BCUT2D eigenvalue weighted by atomic mass is 10.0. The highest BCUT2D eigenvalue weighted by Gasteiger charge is 2.05. The molecule has 0 aromatic carbocycles. The van der Waals surface area contributed by atoms with Crippen LogP contribution in [0, 0.1) is 0 Å². The summed E-state index contributed by atoms with van der Waals surface area (Å²) in [6, 6.07) is 4.26. The predicted octanol–water partition coefficient (Wildman–Crippen LogP) is 1.18. The molecular formula is C12H17N3. The highest BCUT2D eigenvalue weighted by molar-refractivity contribution is 5.65. The maximum Gasteiger partial charge on any atom is 0.0542 e. The van der Waals surface area contributed by atoms with Crippen molar-refractivity contribution in [3.05, 3.63) is 35.7 Å². The van der Waals surface area contributed by atoms with Crippen molar-refractivity contribution in [1.82, 2.24) is 15.6 Å². The molecule has 0 bridgehead atoms. The van der Waals surface area contributed by atoms with Gasteiger partial charge in [0.2, 0.25) is 0 Å². The number of hydrogen-bond donors (Lipinski definition) is 2. The van der Waals surface area contributed by atoms with Crippen molar-refractivity contribution in [2.24, 2.45) is 0 Å². The van der Waals surface area contributed by atoms with Gasteiger partial charge in [0.25, 0.3) is 0 Å². The van der Waals surface area contributed by atoms with Crippen LogP contribution in [0.4, 0.5) is 0 Å². The van der Waals surface area contributed by atoms with Crippen LogP contribution in [-0.2, 0) is 6.54 Å². The summed E-state index contributed by atoms with van der Waals surface area (Å²) in [6.07, 6.45) is 5.33. The van der Waals surface area contributed by atoms with E-state index < -0.39 is 0 Å². The maximum atomic E-state index is 4.42. The Hall–Kier alpha value is -1.19. The van der Waals surface area contributed by atoms with E-state index in [-0.39, 0.29) is 0 Å². The summed E-state index contributed by atoms with van der Waals surface area (Å²) in [7, 11) is 1.94. The van der Waals surface area contributed by atoms with Gasteiger partial charge < -0.3 is 10.6 Å². The van der Waals surface area contributed by atoms with Crippen LogP contribution in [0.5, 0.6) is 0 Å². The van der Waals surface area contributed by atoms with Gasteiger partial charge in [0.1, 0.15) is 0 Å². The second-order valence-corrected chi connectivity index (χ2v) is 3.75. The van der Waals surface area contributed by atoms with Crippen LogP contribution in [0.25, 0.3) is 5.57 Å². The first kappa shape index (κ1) is 10.3. The normalized spacial score (nSPS) is 16.2. The Morgan fingerprint density at radius 3 is 3.00 bits per heavy atom. The van der Waals surface area contributed by atoms with Gasteiger partial charge in [-0.2, -0.15) is 0 Å². The van der Waals surface area contributed by atoms with Gasteiger partial charge in [0.15, 0.2) is 0 Å². The van der Waals surface area contributed by atoms with E-state index in [4.69, 9.17) is 0 Å². The maximum absolute atomic E-state index is 4.42. The Bertz CT molecular complexity index is 340. The third-order valence-corrected chi connectivity index (χ3v) is 2.62. The van der Waals surface area contributed by atoms with E-state index >= 15 is 0 Å². The SMILES string of the molecule is CNCc1ccc(C2=CCNCC2)cn1. The van der Waals surface area contributed by atoms with Crippen LogP contribution in [-0.4, -0.2) is 25.1 Å². The molecule has 0 unspecified atom stereocenters. The molecule has 2 heterocycles. The monoisotopic (exact) mass is 203 g/mol. The number of nitrogens with zero attached hydrogens (tertiary/aromatic N) is 1. The summed E-state index contributed by atoms with van der Waals surface area (Å²) in [4.78, 5) is 4.42. The minimum Gasteiger partial charge on any atom is -0.314 e. The predicted molar refractivity (Wildman–Crippen MR) is 62.5 cm³/mol. The third-order valence-electron chi connectivity index (χ3n) is 2.62. The summed E-state index contributed by atoms with van der Waals surface area (Å²) < 4.78 is 0. The van der Waals surface area contributed by atoms with Crippen molar-refractivity contribution >= 4 is 5.57 Å². The molecule has 0 radical (unpaired) electrons. The molecule has 1 aromatic heterocycles. The first-order valence-electron chi connectivity index (χ1n) is 5.40. The zero-order chi connectivity index (χ0) is 10.5. The van der Waals surface area contributed by atoms with Gasteiger partial charge in [-0.25, -0.2) is 0 Å². The molecule has 0 amide bonds. The quantitative estimate of drug-likeness (QED) is 0.774. The van der Waals surface area contributed by atoms with Crippen molar-refractivity contribution in [2.75, 3.05) is 20.1 Å². The Morgan fingerprint density at radius 1 is 1.47 bits per heavy atom. The van der Waals surface area contributed by atoms with Crippen molar-refractivity contribution < 1.29 is 0 Å². The number of pyridine rings is 1. The van der Waals surface area contributed by atoms with E-state index in [1.807, 2.05) is 13.2 Å². The topological polar surface area (TPSA) is 37.0 Å². The number of nitrogens with one attached hydrogen (secondary N) is 2. The highest BCUT2D eigenvalue weighted by Crippen LogP contribution is 2.18. The Labute approximate surface area is 90.6 Å². The lowest BCUT2D eigenvalue weighted by Crippen LogP contribution is -2.20. The van der Waals surface area contributed by atoms with Gasteiger partial charge in [0.05, 0.1) is 5.69 Å². The van der Waals surface area contributed by atoms with Crippen LogP contribution in [0.2, 0.25) is 0 Å². The van der Waals surface area contributed by atoms with Crippen LogP contribution in [0.3, 0.4) is 0 Å². The lowest BCUT2D eigenvalue weighted by Gasteiger charge is -2.14. The Balaban J connectivity index is 2.12. The largest absolute Gasteiger partial charge is 0.314 e. The van der Waals surface area contributed by atoms with Crippen LogP contribution in [0.15, 0.2) is 24.4 Å². The molecule has 0 fully saturated rings. The van der Waals surface area contributed by atoms with Crippen molar-refractivity contribution in [2.45, 2.75) is 13.0 Å². The second-order valence-electron chi connectivity index (χ2n) is 3.75. The molecule has 0 aliphatic carbocycles. The standard InChI is InChI=1S/C12H17N3/c1-13-9-12-3-2-11(8-15-12)10-4-6-14-7-5-10/h2-4,8,13-14H,5-7,9H2,1H3. The van der Waals surface area contributed by atoms with Crippen LogP contribution >= 0.6 is 0 Å². The third kappa shape index (κ3) is 2.64. The van der Waals surface area contributed by atoms with E-state index in [1.54, 1.807) is 0 Å².